The normalized spacial score (nSPS) is 22.8. The number of rotatable bonds is 5. The molecule has 1 spiro atoms. The number of piperidine rings is 1. The number of halogens is 2. The fourth-order valence-electron chi connectivity index (χ4n) is 3.36. The molecule has 0 aromatic heterocycles. The molecular formula is C17H24ClFN2O2. The Morgan fingerprint density at radius 1 is 1.48 bits per heavy atom. The van der Waals surface area contributed by atoms with Crippen LogP contribution in [0.4, 0.5) is 4.39 Å². The van der Waals surface area contributed by atoms with Gasteiger partial charge in [0, 0.05) is 12.0 Å². The third-order valence-electron chi connectivity index (χ3n) is 4.79. The van der Waals surface area contributed by atoms with Crippen LogP contribution in [-0.2, 0) is 4.79 Å². The first-order chi connectivity index (χ1) is 10.6. The highest BCUT2D eigenvalue weighted by Crippen LogP contribution is 2.58. The summed E-state index contributed by atoms with van der Waals surface area (Å²) in [5.41, 5.74) is 0.248. The van der Waals surface area contributed by atoms with Crippen LogP contribution < -0.4 is 15.4 Å². The molecule has 6 heteroatoms. The quantitative estimate of drug-likeness (QED) is 0.864. The molecule has 1 saturated carbocycles. The molecule has 2 aliphatic rings. The smallest absolute Gasteiger partial charge is 0.224 e. The molecule has 1 saturated heterocycles. The van der Waals surface area contributed by atoms with Crippen LogP contribution in [-0.4, -0.2) is 31.6 Å². The topological polar surface area (TPSA) is 50.4 Å². The van der Waals surface area contributed by atoms with E-state index < -0.39 is 0 Å². The Kier molecular flexibility index (Phi) is 5.87. The SMILES string of the molecule is CC(COc1cccc(F)c1)NC(=O)C1CC12CCNCC2.Cl. The van der Waals surface area contributed by atoms with Crippen LogP contribution in [0.2, 0.25) is 0 Å². The predicted molar refractivity (Wildman–Crippen MR) is 89.4 cm³/mol. The minimum Gasteiger partial charge on any atom is -0.491 e. The fraction of sp³-hybridized carbons (Fsp3) is 0.588. The summed E-state index contributed by atoms with van der Waals surface area (Å²) in [4.78, 5) is 12.3. The van der Waals surface area contributed by atoms with E-state index >= 15 is 0 Å². The van der Waals surface area contributed by atoms with Crippen LogP contribution in [0.5, 0.6) is 5.75 Å². The molecule has 2 N–H and O–H groups in total. The van der Waals surface area contributed by atoms with Crippen molar-refractivity contribution >= 4 is 18.3 Å². The number of nitrogens with one attached hydrogen (secondary N) is 2. The maximum absolute atomic E-state index is 13.1. The molecule has 1 heterocycles. The van der Waals surface area contributed by atoms with E-state index in [1.54, 1.807) is 12.1 Å². The monoisotopic (exact) mass is 342 g/mol. The number of carbonyl (C=O) groups is 1. The van der Waals surface area contributed by atoms with E-state index in [4.69, 9.17) is 4.74 Å². The lowest BCUT2D eigenvalue weighted by atomic mass is 9.91. The highest BCUT2D eigenvalue weighted by Gasteiger charge is 2.57. The van der Waals surface area contributed by atoms with Gasteiger partial charge in [-0.1, -0.05) is 6.07 Å². The average molecular weight is 343 g/mol. The van der Waals surface area contributed by atoms with Gasteiger partial charge in [0.2, 0.25) is 5.91 Å². The number of hydrogen-bond acceptors (Lipinski definition) is 3. The Balaban J connectivity index is 0.00000192. The van der Waals surface area contributed by atoms with E-state index in [2.05, 4.69) is 10.6 Å². The molecule has 1 aromatic carbocycles. The van der Waals surface area contributed by atoms with Gasteiger partial charge in [-0.2, -0.15) is 0 Å². The Morgan fingerprint density at radius 3 is 2.91 bits per heavy atom. The van der Waals surface area contributed by atoms with Gasteiger partial charge in [0.25, 0.3) is 0 Å². The van der Waals surface area contributed by atoms with Gasteiger partial charge in [0.05, 0.1) is 6.04 Å². The number of carbonyl (C=O) groups excluding carboxylic acids is 1. The van der Waals surface area contributed by atoms with Crippen LogP contribution in [0.1, 0.15) is 26.2 Å². The highest BCUT2D eigenvalue weighted by molar-refractivity contribution is 5.85. The summed E-state index contributed by atoms with van der Waals surface area (Å²) in [6.07, 6.45) is 3.20. The minimum absolute atomic E-state index is 0. The number of hydrogen-bond donors (Lipinski definition) is 2. The van der Waals surface area contributed by atoms with Crippen molar-refractivity contribution in [3.63, 3.8) is 0 Å². The number of benzene rings is 1. The molecule has 0 bridgehead atoms. The summed E-state index contributed by atoms with van der Waals surface area (Å²) in [7, 11) is 0. The van der Waals surface area contributed by atoms with Gasteiger partial charge in [-0.15, -0.1) is 12.4 Å². The lowest BCUT2D eigenvalue weighted by Crippen LogP contribution is -2.40. The molecule has 1 aliphatic heterocycles. The molecule has 3 rings (SSSR count). The van der Waals surface area contributed by atoms with Crippen LogP contribution in [0.15, 0.2) is 24.3 Å². The molecule has 1 aliphatic carbocycles. The molecule has 128 valence electrons. The van der Waals surface area contributed by atoms with Crippen molar-refractivity contribution in [2.45, 2.75) is 32.2 Å². The first-order valence-corrected chi connectivity index (χ1v) is 7.98. The van der Waals surface area contributed by atoms with Gasteiger partial charge >= 0.3 is 0 Å². The summed E-state index contributed by atoms with van der Waals surface area (Å²) >= 11 is 0. The zero-order chi connectivity index (χ0) is 15.6. The molecule has 23 heavy (non-hydrogen) atoms. The Hall–Kier alpha value is -1.33. The fourth-order valence-corrected chi connectivity index (χ4v) is 3.36. The van der Waals surface area contributed by atoms with Crippen molar-refractivity contribution in [2.24, 2.45) is 11.3 Å². The summed E-state index contributed by atoms with van der Waals surface area (Å²) < 4.78 is 18.6. The first-order valence-electron chi connectivity index (χ1n) is 7.98. The van der Waals surface area contributed by atoms with Gasteiger partial charge in [-0.25, -0.2) is 4.39 Å². The van der Waals surface area contributed by atoms with Crippen molar-refractivity contribution in [1.29, 1.82) is 0 Å². The van der Waals surface area contributed by atoms with Gasteiger partial charge in [0.1, 0.15) is 18.2 Å². The maximum Gasteiger partial charge on any atom is 0.224 e. The second-order valence-electron chi connectivity index (χ2n) is 6.55. The summed E-state index contributed by atoms with van der Waals surface area (Å²) in [6.45, 7) is 4.29. The van der Waals surface area contributed by atoms with E-state index in [0.717, 1.165) is 32.4 Å². The van der Waals surface area contributed by atoms with E-state index in [9.17, 15) is 9.18 Å². The van der Waals surface area contributed by atoms with Crippen molar-refractivity contribution in [2.75, 3.05) is 19.7 Å². The second-order valence-corrected chi connectivity index (χ2v) is 6.55. The number of amides is 1. The standard InChI is InChI=1S/C17H23FN2O2.ClH/c1-12(11-22-14-4-2-3-13(18)9-14)20-16(21)15-10-17(15)5-7-19-8-6-17;/h2-4,9,12,15,19H,5-8,10-11H2,1H3,(H,20,21);1H. The largest absolute Gasteiger partial charge is 0.491 e. The number of ether oxygens (including phenoxy) is 1. The van der Waals surface area contributed by atoms with Crippen LogP contribution in [0, 0.1) is 17.2 Å². The summed E-state index contributed by atoms with van der Waals surface area (Å²) in [5.74, 6) is 0.464. The molecule has 0 radical (unpaired) electrons. The lowest BCUT2D eigenvalue weighted by Gasteiger charge is -2.23. The van der Waals surface area contributed by atoms with Gasteiger partial charge in [-0.05, 0) is 56.8 Å². The second kappa shape index (κ2) is 7.49. The predicted octanol–water partition coefficient (Wildman–Crippen LogP) is 2.52. The third kappa shape index (κ3) is 4.36. The third-order valence-corrected chi connectivity index (χ3v) is 4.79. The van der Waals surface area contributed by atoms with E-state index in [-0.39, 0.29) is 41.5 Å². The van der Waals surface area contributed by atoms with Crippen LogP contribution in [0.3, 0.4) is 0 Å². The van der Waals surface area contributed by atoms with Crippen molar-refractivity contribution in [3.8, 4) is 5.75 Å². The van der Waals surface area contributed by atoms with Crippen molar-refractivity contribution in [1.82, 2.24) is 10.6 Å². The highest BCUT2D eigenvalue weighted by atomic mass is 35.5. The molecular weight excluding hydrogens is 319 g/mol. The Morgan fingerprint density at radius 2 is 2.22 bits per heavy atom. The van der Waals surface area contributed by atoms with Gasteiger partial charge in [-0.3, -0.25) is 4.79 Å². The summed E-state index contributed by atoms with van der Waals surface area (Å²) in [6, 6.07) is 5.96. The molecule has 4 nitrogen and oxygen atoms in total. The minimum atomic E-state index is -0.319. The van der Waals surface area contributed by atoms with E-state index in [0.29, 0.717) is 12.4 Å². The van der Waals surface area contributed by atoms with Gasteiger partial charge < -0.3 is 15.4 Å². The Labute approximate surface area is 142 Å². The zero-order valence-corrected chi connectivity index (χ0v) is 14.1. The van der Waals surface area contributed by atoms with E-state index in [1.807, 2.05) is 6.92 Å². The maximum atomic E-state index is 13.1. The molecule has 2 atom stereocenters. The van der Waals surface area contributed by atoms with Crippen molar-refractivity contribution in [3.05, 3.63) is 30.1 Å². The molecule has 1 amide bonds. The van der Waals surface area contributed by atoms with Crippen molar-refractivity contribution < 1.29 is 13.9 Å². The first kappa shape index (κ1) is 18.0. The molecule has 2 unspecified atom stereocenters. The average Bonchev–Trinajstić information content (AvgIpc) is 3.19. The van der Waals surface area contributed by atoms with Crippen LogP contribution >= 0.6 is 12.4 Å². The Bertz CT molecular complexity index is 549. The van der Waals surface area contributed by atoms with Crippen LogP contribution in [0.25, 0.3) is 0 Å². The lowest BCUT2D eigenvalue weighted by molar-refractivity contribution is -0.124. The van der Waals surface area contributed by atoms with Gasteiger partial charge in [0.15, 0.2) is 0 Å². The van der Waals surface area contributed by atoms with E-state index in [1.165, 1.54) is 12.1 Å². The molecule has 2 fully saturated rings. The molecule has 1 aromatic rings. The zero-order valence-electron chi connectivity index (χ0n) is 13.3. The summed E-state index contributed by atoms with van der Waals surface area (Å²) in [5, 5.41) is 6.36.